The molecule has 0 bridgehead atoms. The third-order valence-corrected chi connectivity index (χ3v) is 9.62. The van der Waals surface area contributed by atoms with Gasteiger partial charge in [-0.2, -0.15) is 4.31 Å². The normalized spacial score (nSPS) is 15.9. The lowest BCUT2D eigenvalue weighted by molar-refractivity contribution is -0.116. The minimum absolute atomic E-state index is 0.140. The van der Waals surface area contributed by atoms with Gasteiger partial charge >= 0.3 is 0 Å². The molecule has 5 rings (SSSR count). The lowest BCUT2D eigenvalue weighted by atomic mass is 9.88. The predicted octanol–water partition coefficient (Wildman–Crippen LogP) is 5.86. The van der Waals surface area contributed by atoms with Gasteiger partial charge in [0.25, 0.3) is 0 Å². The first-order valence-corrected chi connectivity index (χ1v) is 15.5. The van der Waals surface area contributed by atoms with Crippen molar-refractivity contribution in [3.63, 3.8) is 0 Å². The van der Waals surface area contributed by atoms with Crippen LogP contribution in [0.5, 0.6) is 0 Å². The maximum Gasteiger partial charge on any atom is 0.243 e. The summed E-state index contributed by atoms with van der Waals surface area (Å²) in [5, 5.41) is 6.02. The van der Waals surface area contributed by atoms with Gasteiger partial charge in [-0.05, 0) is 72.5 Å². The Morgan fingerprint density at radius 3 is 2.19 bits per heavy atom. The molecule has 224 valence electrons. The fourth-order valence-electron chi connectivity index (χ4n) is 5.53. The molecule has 10 heteroatoms. The Kier molecular flexibility index (Phi) is 9.59. The number of carbonyl (C=O) groups is 1. The standard InChI is InChI=1S/C33H32F3N3O3S/c34-25-9-4-7-23(19-25)30(24-8-5-10-26(35)20-24)21-33(40)38-32-14-6-13-31(36)29(32)16-15-27-22-37-17-18-39(27)43(41,42)28-11-2-1-3-12-28/h1-14,19-20,27,30,37H,15-18,21-22H2,(H,38,40)/t27-/m0/s1. The Morgan fingerprint density at radius 1 is 0.884 bits per heavy atom. The Morgan fingerprint density at radius 2 is 1.53 bits per heavy atom. The molecule has 2 N–H and O–H groups in total. The zero-order valence-corrected chi connectivity index (χ0v) is 24.2. The molecule has 1 aliphatic rings. The van der Waals surface area contributed by atoms with E-state index in [0.717, 1.165) is 0 Å². The van der Waals surface area contributed by atoms with E-state index in [2.05, 4.69) is 10.6 Å². The second-order valence-electron chi connectivity index (χ2n) is 10.5. The summed E-state index contributed by atoms with van der Waals surface area (Å²) >= 11 is 0. The van der Waals surface area contributed by atoms with Crippen molar-refractivity contribution < 1.29 is 26.4 Å². The van der Waals surface area contributed by atoms with Gasteiger partial charge in [-0.3, -0.25) is 4.79 Å². The number of nitrogens with zero attached hydrogens (tertiary/aromatic N) is 1. The van der Waals surface area contributed by atoms with Crippen molar-refractivity contribution in [2.45, 2.75) is 36.1 Å². The lowest BCUT2D eigenvalue weighted by Crippen LogP contribution is -2.53. The minimum atomic E-state index is -3.75. The van der Waals surface area contributed by atoms with Gasteiger partial charge in [-0.1, -0.05) is 48.5 Å². The average Bonchev–Trinajstić information content (AvgIpc) is 3.00. The number of anilines is 1. The fraction of sp³-hybridized carbons (Fsp3) is 0.242. The number of sulfonamides is 1. The molecule has 43 heavy (non-hydrogen) atoms. The number of halogens is 3. The first-order valence-electron chi connectivity index (χ1n) is 14.1. The Balaban J connectivity index is 1.34. The highest BCUT2D eigenvalue weighted by atomic mass is 32.2. The van der Waals surface area contributed by atoms with Crippen LogP contribution in [0.4, 0.5) is 18.9 Å². The molecular weight excluding hydrogens is 575 g/mol. The van der Waals surface area contributed by atoms with Gasteiger partial charge in [-0.25, -0.2) is 21.6 Å². The van der Waals surface area contributed by atoms with Crippen LogP contribution >= 0.6 is 0 Å². The van der Waals surface area contributed by atoms with E-state index >= 15 is 4.39 Å². The molecule has 0 unspecified atom stereocenters. The summed E-state index contributed by atoms with van der Waals surface area (Å²) in [4.78, 5) is 13.5. The molecule has 1 aliphatic heterocycles. The highest BCUT2D eigenvalue weighted by Gasteiger charge is 2.33. The van der Waals surface area contributed by atoms with Crippen molar-refractivity contribution in [1.82, 2.24) is 9.62 Å². The Labute approximate surface area is 249 Å². The summed E-state index contributed by atoms with van der Waals surface area (Å²) in [5.74, 6) is -2.59. The highest BCUT2D eigenvalue weighted by molar-refractivity contribution is 7.89. The number of benzene rings is 4. The van der Waals surface area contributed by atoms with Crippen LogP contribution in [0.3, 0.4) is 0 Å². The number of nitrogens with one attached hydrogen (secondary N) is 2. The Hall–Kier alpha value is -3.99. The fourth-order valence-corrected chi connectivity index (χ4v) is 7.21. The summed E-state index contributed by atoms with van der Waals surface area (Å²) in [7, 11) is -3.75. The first kappa shape index (κ1) is 30.5. The van der Waals surface area contributed by atoms with Crippen LogP contribution in [0.15, 0.2) is 102 Å². The van der Waals surface area contributed by atoms with E-state index in [1.165, 1.54) is 52.8 Å². The maximum atomic E-state index is 15.1. The van der Waals surface area contributed by atoms with Crippen molar-refractivity contribution >= 4 is 21.6 Å². The number of hydrogen-bond acceptors (Lipinski definition) is 4. The lowest BCUT2D eigenvalue weighted by Gasteiger charge is -2.35. The Bertz CT molecular complexity index is 1640. The van der Waals surface area contributed by atoms with Gasteiger partial charge in [0.1, 0.15) is 17.5 Å². The number of amides is 1. The maximum absolute atomic E-state index is 15.1. The van der Waals surface area contributed by atoms with Crippen molar-refractivity contribution in [2.75, 3.05) is 25.0 Å². The number of rotatable bonds is 10. The van der Waals surface area contributed by atoms with Gasteiger partial charge in [0, 0.05) is 49.3 Å². The molecule has 4 aromatic rings. The van der Waals surface area contributed by atoms with E-state index < -0.39 is 45.3 Å². The monoisotopic (exact) mass is 607 g/mol. The molecule has 0 saturated carbocycles. The molecule has 0 aromatic heterocycles. The molecule has 1 fully saturated rings. The van der Waals surface area contributed by atoms with Gasteiger partial charge in [0.15, 0.2) is 0 Å². The average molecular weight is 608 g/mol. The molecule has 1 amide bonds. The summed E-state index contributed by atoms with van der Waals surface area (Å²) in [6.45, 7) is 1.19. The summed E-state index contributed by atoms with van der Waals surface area (Å²) in [6, 6.07) is 23.8. The topological polar surface area (TPSA) is 78.5 Å². The van der Waals surface area contributed by atoms with Crippen molar-refractivity contribution in [3.05, 3.63) is 131 Å². The molecule has 1 atom stereocenters. The van der Waals surface area contributed by atoms with Gasteiger partial charge in [0.2, 0.25) is 15.9 Å². The van der Waals surface area contributed by atoms with E-state index in [0.29, 0.717) is 30.6 Å². The van der Waals surface area contributed by atoms with E-state index in [-0.39, 0.29) is 35.5 Å². The van der Waals surface area contributed by atoms with Crippen LogP contribution in [0.1, 0.15) is 35.4 Å². The molecule has 1 saturated heterocycles. The second-order valence-corrected chi connectivity index (χ2v) is 12.4. The number of hydrogen-bond donors (Lipinski definition) is 2. The van der Waals surface area contributed by atoms with Crippen LogP contribution in [0.25, 0.3) is 0 Å². The van der Waals surface area contributed by atoms with E-state index in [4.69, 9.17) is 0 Å². The quantitative estimate of drug-likeness (QED) is 0.237. The van der Waals surface area contributed by atoms with Crippen LogP contribution in [-0.2, 0) is 21.2 Å². The van der Waals surface area contributed by atoms with E-state index in [1.54, 1.807) is 48.5 Å². The summed E-state index contributed by atoms with van der Waals surface area (Å²) in [6.07, 6.45) is 0.350. The number of carbonyl (C=O) groups excluding carboxylic acids is 1. The van der Waals surface area contributed by atoms with Gasteiger partial charge in [-0.15, -0.1) is 0 Å². The van der Waals surface area contributed by atoms with Crippen molar-refractivity contribution in [1.29, 1.82) is 0 Å². The van der Waals surface area contributed by atoms with Gasteiger partial charge in [0.05, 0.1) is 4.90 Å². The molecule has 0 spiro atoms. The second kappa shape index (κ2) is 13.5. The van der Waals surface area contributed by atoms with Crippen LogP contribution in [0.2, 0.25) is 0 Å². The summed E-state index contributed by atoms with van der Waals surface area (Å²) < 4.78 is 71.5. The van der Waals surface area contributed by atoms with Crippen LogP contribution in [0, 0.1) is 17.5 Å². The SMILES string of the molecule is O=C(CC(c1cccc(F)c1)c1cccc(F)c1)Nc1cccc(F)c1CC[C@H]1CNCCN1S(=O)(=O)c1ccccc1. The zero-order valence-electron chi connectivity index (χ0n) is 23.3. The molecule has 4 aromatic carbocycles. The van der Waals surface area contributed by atoms with Crippen LogP contribution in [-0.4, -0.2) is 44.3 Å². The molecule has 6 nitrogen and oxygen atoms in total. The first-order chi connectivity index (χ1) is 20.7. The molecule has 0 aliphatic carbocycles. The number of piperazine rings is 1. The smallest absolute Gasteiger partial charge is 0.243 e. The van der Waals surface area contributed by atoms with Crippen LogP contribution < -0.4 is 10.6 Å². The third-order valence-electron chi connectivity index (χ3n) is 7.66. The van der Waals surface area contributed by atoms with Crippen molar-refractivity contribution in [2.24, 2.45) is 0 Å². The van der Waals surface area contributed by atoms with Gasteiger partial charge < -0.3 is 10.6 Å². The van der Waals surface area contributed by atoms with E-state index in [1.807, 2.05) is 0 Å². The van der Waals surface area contributed by atoms with Crippen molar-refractivity contribution in [3.8, 4) is 0 Å². The largest absolute Gasteiger partial charge is 0.326 e. The molecule has 0 radical (unpaired) electrons. The third kappa shape index (κ3) is 7.33. The predicted molar refractivity (Wildman–Crippen MR) is 160 cm³/mol. The van der Waals surface area contributed by atoms with E-state index in [9.17, 15) is 22.0 Å². The molecular formula is C33H32F3N3O3S. The molecule has 1 heterocycles. The zero-order chi connectivity index (χ0) is 30.4. The minimum Gasteiger partial charge on any atom is -0.326 e. The summed E-state index contributed by atoms with van der Waals surface area (Å²) in [5.41, 5.74) is 1.53. The highest BCUT2D eigenvalue weighted by Crippen LogP contribution is 2.31.